The molecule has 1 aromatic carbocycles. The molecule has 1 unspecified atom stereocenters. The predicted molar refractivity (Wildman–Crippen MR) is 93.0 cm³/mol. The smallest absolute Gasteiger partial charge is 0.330 e. The zero-order valence-electron chi connectivity index (χ0n) is 15.0. The zero-order valence-corrected chi connectivity index (χ0v) is 15.0. The summed E-state index contributed by atoms with van der Waals surface area (Å²) in [6.07, 6.45) is 4.40. The molecule has 0 bridgehead atoms. The molecule has 2 atom stereocenters. The van der Waals surface area contributed by atoms with Crippen LogP contribution in [0.2, 0.25) is 0 Å². The lowest BCUT2D eigenvalue weighted by Crippen LogP contribution is -2.55. The molecule has 3 rings (SSSR count). The maximum Gasteiger partial charge on any atom is 0.330 e. The number of esters is 1. The molecule has 2 N–H and O–H groups in total. The standard InChI is InChI=1S/C20H20O6/c1-5-6-12-8-13(21)15-16(10(3)17(23)11(4)18(15)24)20(12)14(22)7-9(2)26-19(20)25/h5-7,12,23-24H,8H2,1-4H3/b6-5-/t12-,20?/m1/s1. The van der Waals surface area contributed by atoms with Gasteiger partial charge in [0, 0.05) is 24.0 Å². The van der Waals surface area contributed by atoms with E-state index in [2.05, 4.69) is 0 Å². The number of phenols is 2. The first-order valence-electron chi connectivity index (χ1n) is 8.34. The van der Waals surface area contributed by atoms with E-state index in [1.54, 1.807) is 19.1 Å². The third-order valence-electron chi connectivity index (χ3n) is 5.29. The van der Waals surface area contributed by atoms with Gasteiger partial charge in [0.2, 0.25) is 0 Å². The number of ketones is 2. The third-order valence-corrected chi connectivity index (χ3v) is 5.29. The number of carbonyl (C=O) groups is 3. The van der Waals surface area contributed by atoms with Crippen molar-refractivity contribution in [3.63, 3.8) is 0 Å². The summed E-state index contributed by atoms with van der Waals surface area (Å²) in [4.78, 5) is 38.9. The van der Waals surface area contributed by atoms with Crippen molar-refractivity contribution >= 4 is 17.5 Å². The number of cyclic esters (lactones) is 1. The summed E-state index contributed by atoms with van der Waals surface area (Å²) < 4.78 is 5.28. The Labute approximate surface area is 150 Å². The Morgan fingerprint density at radius 1 is 1.12 bits per heavy atom. The summed E-state index contributed by atoms with van der Waals surface area (Å²) in [6.45, 7) is 6.23. The van der Waals surface area contributed by atoms with Crippen LogP contribution < -0.4 is 0 Å². The minimum atomic E-state index is -1.80. The van der Waals surface area contributed by atoms with Crippen molar-refractivity contribution in [3.05, 3.63) is 46.2 Å². The molecule has 136 valence electrons. The van der Waals surface area contributed by atoms with Crippen molar-refractivity contribution in [2.45, 2.75) is 39.5 Å². The molecule has 0 aromatic heterocycles. The fourth-order valence-electron chi connectivity index (χ4n) is 4.07. The molecule has 0 radical (unpaired) electrons. The fraction of sp³-hybridized carbons (Fsp3) is 0.350. The molecule has 1 aromatic rings. The highest BCUT2D eigenvalue weighted by Crippen LogP contribution is 2.52. The van der Waals surface area contributed by atoms with E-state index in [4.69, 9.17) is 4.74 Å². The van der Waals surface area contributed by atoms with Crippen LogP contribution in [0.15, 0.2) is 24.0 Å². The molecule has 0 amide bonds. The van der Waals surface area contributed by atoms with Gasteiger partial charge >= 0.3 is 5.97 Å². The molecule has 2 aliphatic rings. The number of hydrogen-bond acceptors (Lipinski definition) is 6. The van der Waals surface area contributed by atoms with E-state index in [0.29, 0.717) is 0 Å². The molecule has 6 heteroatoms. The van der Waals surface area contributed by atoms with E-state index < -0.39 is 28.8 Å². The summed E-state index contributed by atoms with van der Waals surface area (Å²) in [5.41, 5.74) is -1.50. The average Bonchev–Trinajstić information content (AvgIpc) is 2.56. The zero-order chi connectivity index (χ0) is 19.4. The molecule has 1 heterocycles. The lowest BCUT2D eigenvalue weighted by molar-refractivity contribution is -0.154. The molecular weight excluding hydrogens is 336 g/mol. The van der Waals surface area contributed by atoms with Crippen molar-refractivity contribution in [2.75, 3.05) is 0 Å². The lowest BCUT2D eigenvalue weighted by atomic mass is 9.58. The van der Waals surface area contributed by atoms with Crippen molar-refractivity contribution < 1.29 is 29.3 Å². The molecule has 26 heavy (non-hydrogen) atoms. The highest BCUT2D eigenvalue weighted by molar-refractivity contribution is 6.21. The Hall–Kier alpha value is -2.89. The fourth-order valence-corrected chi connectivity index (χ4v) is 4.07. The number of hydrogen-bond donors (Lipinski definition) is 2. The summed E-state index contributed by atoms with van der Waals surface area (Å²) in [6, 6.07) is 0. The van der Waals surface area contributed by atoms with Crippen molar-refractivity contribution in [3.8, 4) is 11.5 Å². The van der Waals surface area contributed by atoms with Gasteiger partial charge in [0.05, 0.1) is 5.56 Å². The summed E-state index contributed by atoms with van der Waals surface area (Å²) >= 11 is 0. The number of aromatic hydroxyl groups is 2. The first-order chi connectivity index (χ1) is 12.2. The van der Waals surface area contributed by atoms with Crippen LogP contribution in [0.1, 0.15) is 47.3 Å². The highest BCUT2D eigenvalue weighted by atomic mass is 16.5. The van der Waals surface area contributed by atoms with Crippen LogP contribution in [-0.2, 0) is 19.7 Å². The maximum atomic E-state index is 13.1. The van der Waals surface area contributed by atoms with Crippen molar-refractivity contribution in [1.82, 2.24) is 0 Å². The Morgan fingerprint density at radius 3 is 2.35 bits per heavy atom. The molecule has 1 aliphatic heterocycles. The Bertz CT molecular complexity index is 921. The Balaban J connectivity index is 2.51. The minimum absolute atomic E-state index is 0.0381. The number of Topliss-reactive ketones (excluding diaryl/α,β-unsaturated/α-hetero) is 1. The molecule has 1 aliphatic carbocycles. The number of rotatable bonds is 1. The van der Waals surface area contributed by atoms with Crippen LogP contribution in [0.3, 0.4) is 0 Å². The van der Waals surface area contributed by atoms with E-state index in [9.17, 15) is 24.6 Å². The Morgan fingerprint density at radius 2 is 1.77 bits per heavy atom. The van der Waals surface area contributed by atoms with Gasteiger partial charge in [0.1, 0.15) is 17.3 Å². The molecule has 0 fully saturated rings. The number of ether oxygens (including phenoxy) is 1. The van der Waals surface area contributed by atoms with Gasteiger partial charge in [0.15, 0.2) is 17.0 Å². The molecule has 0 saturated heterocycles. The van der Waals surface area contributed by atoms with Crippen molar-refractivity contribution in [1.29, 1.82) is 0 Å². The van der Waals surface area contributed by atoms with Gasteiger partial charge in [0.25, 0.3) is 0 Å². The van der Waals surface area contributed by atoms with Gasteiger partial charge in [-0.3, -0.25) is 14.4 Å². The number of benzene rings is 1. The number of fused-ring (bicyclic) bond motifs is 2. The lowest BCUT2D eigenvalue weighted by Gasteiger charge is -2.42. The quantitative estimate of drug-likeness (QED) is 0.456. The average molecular weight is 356 g/mol. The van der Waals surface area contributed by atoms with E-state index >= 15 is 0 Å². The number of allylic oxidation sites excluding steroid dienone is 4. The summed E-state index contributed by atoms with van der Waals surface area (Å²) in [5, 5.41) is 20.9. The Kier molecular flexibility index (Phi) is 4.02. The predicted octanol–water partition coefficient (Wildman–Crippen LogP) is 2.76. The maximum absolute atomic E-state index is 13.1. The van der Waals surface area contributed by atoms with Gasteiger partial charge in [-0.2, -0.15) is 0 Å². The second kappa shape index (κ2) is 5.83. The van der Waals surface area contributed by atoms with Crippen LogP contribution in [0.25, 0.3) is 0 Å². The second-order valence-corrected chi connectivity index (χ2v) is 6.77. The highest BCUT2D eigenvalue weighted by Gasteiger charge is 2.60. The number of carbonyl (C=O) groups excluding carboxylic acids is 3. The SMILES string of the molecule is C/C=C\[C@@H]1CC(=O)c2c(O)c(C)c(O)c(C)c2C12C(=O)C=C(C)OC2=O. The molecule has 6 nitrogen and oxygen atoms in total. The van der Waals surface area contributed by atoms with E-state index in [1.165, 1.54) is 26.8 Å². The largest absolute Gasteiger partial charge is 0.507 e. The van der Waals surface area contributed by atoms with Gasteiger partial charge < -0.3 is 14.9 Å². The van der Waals surface area contributed by atoms with Gasteiger partial charge in [-0.25, -0.2) is 0 Å². The minimum Gasteiger partial charge on any atom is -0.507 e. The van der Waals surface area contributed by atoms with Gasteiger partial charge in [-0.1, -0.05) is 12.2 Å². The monoisotopic (exact) mass is 356 g/mol. The number of phenolic OH excluding ortho intramolecular Hbond substituents is 2. The van der Waals surface area contributed by atoms with Crippen LogP contribution in [0.5, 0.6) is 11.5 Å². The summed E-state index contributed by atoms with van der Waals surface area (Å²) in [5.74, 6) is -2.96. The van der Waals surface area contributed by atoms with Gasteiger partial charge in [-0.15, -0.1) is 0 Å². The van der Waals surface area contributed by atoms with E-state index in [0.717, 1.165) is 0 Å². The molecule has 0 saturated carbocycles. The first kappa shape index (κ1) is 17.9. The summed E-state index contributed by atoms with van der Waals surface area (Å²) in [7, 11) is 0. The first-order valence-corrected chi connectivity index (χ1v) is 8.34. The van der Waals surface area contributed by atoms with E-state index in [-0.39, 0.29) is 46.0 Å². The van der Waals surface area contributed by atoms with Crippen molar-refractivity contribution in [2.24, 2.45) is 5.92 Å². The van der Waals surface area contributed by atoms with Crippen LogP contribution in [0, 0.1) is 19.8 Å². The third kappa shape index (κ3) is 2.08. The molecular formula is C20H20O6. The van der Waals surface area contributed by atoms with E-state index in [1.807, 2.05) is 0 Å². The van der Waals surface area contributed by atoms with Crippen LogP contribution >= 0.6 is 0 Å². The van der Waals surface area contributed by atoms with Crippen LogP contribution in [0.4, 0.5) is 0 Å². The van der Waals surface area contributed by atoms with Gasteiger partial charge in [-0.05, 0) is 38.8 Å². The normalized spacial score (nSPS) is 25.5. The topological polar surface area (TPSA) is 101 Å². The second-order valence-electron chi connectivity index (χ2n) is 6.77. The van der Waals surface area contributed by atoms with Crippen LogP contribution in [-0.4, -0.2) is 27.7 Å². The molecule has 1 spiro atoms.